The van der Waals surface area contributed by atoms with Crippen LogP contribution in [0.25, 0.3) is 0 Å². The summed E-state index contributed by atoms with van der Waals surface area (Å²) in [6.07, 6.45) is 0. The van der Waals surface area contributed by atoms with Crippen molar-refractivity contribution in [2.24, 2.45) is 0 Å². The highest BCUT2D eigenvalue weighted by Gasteiger charge is 2.02. The van der Waals surface area contributed by atoms with E-state index in [1.165, 1.54) is 14.2 Å². The topological polar surface area (TPSA) is 132 Å². The minimum absolute atomic E-state index is 0.00270. The molecule has 0 spiro atoms. The molecule has 0 aliphatic heterocycles. The summed E-state index contributed by atoms with van der Waals surface area (Å²) in [4.78, 5) is 21.5. The van der Waals surface area contributed by atoms with Crippen LogP contribution in [0.15, 0.2) is 72.8 Å². The SMILES string of the molecule is COC(=O)COc1ccc(CBr)cc1.COC(=O)COc1ccc(CO)cc1.OCc1ccc(O)cc1. The molecule has 0 atom stereocenters. The van der Waals surface area contributed by atoms with Gasteiger partial charge >= 0.3 is 11.9 Å². The number of carbonyl (C=O) groups is 2. The summed E-state index contributed by atoms with van der Waals surface area (Å²) < 4.78 is 19.1. The van der Waals surface area contributed by atoms with Crippen LogP contribution in [0.1, 0.15) is 16.7 Å². The highest BCUT2D eigenvalue weighted by molar-refractivity contribution is 9.08. The predicted octanol–water partition coefficient (Wildman–Crippen LogP) is 3.75. The van der Waals surface area contributed by atoms with Crippen molar-refractivity contribution in [3.05, 3.63) is 89.5 Å². The molecule has 3 aromatic carbocycles. The quantitative estimate of drug-likeness (QED) is 0.256. The molecule has 0 aromatic heterocycles. The maximum Gasteiger partial charge on any atom is 0.343 e. The van der Waals surface area contributed by atoms with E-state index in [1.54, 1.807) is 48.5 Å². The van der Waals surface area contributed by atoms with Gasteiger partial charge in [-0.15, -0.1) is 0 Å². The Balaban J connectivity index is 0.000000285. The number of phenols is 1. The van der Waals surface area contributed by atoms with E-state index < -0.39 is 5.97 Å². The molecule has 0 aliphatic rings. The van der Waals surface area contributed by atoms with Crippen molar-refractivity contribution in [3.63, 3.8) is 0 Å². The zero-order chi connectivity index (χ0) is 27.5. The number of alkyl halides is 1. The number of methoxy groups -OCH3 is 2. The van der Waals surface area contributed by atoms with Crippen molar-refractivity contribution in [3.8, 4) is 17.2 Å². The molecule has 0 saturated carbocycles. The van der Waals surface area contributed by atoms with Crippen LogP contribution in [0.5, 0.6) is 17.2 Å². The van der Waals surface area contributed by atoms with E-state index in [1.807, 2.05) is 24.3 Å². The second-order valence-electron chi connectivity index (χ2n) is 7.13. The van der Waals surface area contributed by atoms with Crippen LogP contribution in [0, 0.1) is 0 Å². The molecule has 3 rings (SSSR count). The number of aromatic hydroxyl groups is 1. The van der Waals surface area contributed by atoms with Crippen molar-refractivity contribution in [1.29, 1.82) is 0 Å². The zero-order valence-corrected chi connectivity index (χ0v) is 22.2. The van der Waals surface area contributed by atoms with E-state index in [-0.39, 0.29) is 38.1 Å². The van der Waals surface area contributed by atoms with Crippen LogP contribution in [0.2, 0.25) is 0 Å². The van der Waals surface area contributed by atoms with Gasteiger partial charge < -0.3 is 34.3 Å². The van der Waals surface area contributed by atoms with Gasteiger partial charge in [0, 0.05) is 5.33 Å². The fourth-order valence-corrected chi connectivity index (χ4v) is 2.74. The van der Waals surface area contributed by atoms with Gasteiger partial charge in [0.1, 0.15) is 17.2 Å². The maximum atomic E-state index is 10.8. The lowest BCUT2D eigenvalue weighted by Crippen LogP contribution is -2.12. The zero-order valence-electron chi connectivity index (χ0n) is 20.6. The van der Waals surface area contributed by atoms with Crippen LogP contribution in [0.3, 0.4) is 0 Å². The molecule has 0 saturated heterocycles. The third-order valence-corrected chi connectivity index (χ3v) is 5.12. The average Bonchev–Trinajstić information content (AvgIpc) is 2.96. The molecule has 0 bridgehead atoms. The molecule has 0 aliphatic carbocycles. The molecule has 9 nitrogen and oxygen atoms in total. The number of aliphatic hydroxyl groups excluding tert-OH is 2. The number of benzene rings is 3. The van der Waals surface area contributed by atoms with Crippen molar-refractivity contribution >= 4 is 27.9 Å². The Morgan fingerprint density at radius 1 is 0.649 bits per heavy atom. The van der Waals surface area contributed by atoms with Gasteiger partial charge in [-0.25, -0.2) is 9.59 Å². The minimum atomic E-state index is -0.420. The Hall–Kier alpha value is -3.60. The Kier molecular flexibility index (Phi) is 15.8. The first kappa shape index (κ1) is 31.4. The fourth-order valence-electron chi connectivity index (χ4n) is 2.37. The van der Waals surface area contributed by atoms with Gasteiger partial charge in [-0.05, 0) is 53.1 Å². The Morgan fingerprint density at radius 3 is 1.32 bits per heavy atom. The van der Waals surface area contributed by atoms with E-state index in [2.05, 4.69) is 25.4 Å². The lowest BCUT2D eigenvalue weighted by Gasteiger charge is -2.04. The molecule has 0 radical (unpaired) electrons. The minimum Gasteiger partial charge on any atom is -0.508 e. The van der Waals surface area contributed by atoms with Gasteiger partial charge in [0.15, 0.2) is 13.2 Å². The molecule has 0 unspecified atom stereocenters. The number of ether oxygens (including phenoxy) is 4. The normalized spacial score (nSPS) is 9.54. The summed E-state index contributed by atoms with van der Waals surface area (Å²) in [6, 6.07) is 20.8. The number of carbonyl (C=O) groups excluding carboxylic acids is 2. The van der Waals surface area contributed by atoms with Gasteiger partial charge in [0.25, 0.3) is 0 Å². The third kappa shape index (κ3) is 13.9. The standard InChI is InChI=1S/C10H11BrO3.C10H12O4.C7H8O2/c2*1-13-10(12)7-14-9-4-2-8(6-11)3-5-9;8-5-6-1-3-7(9)4-2-6/h2-5H,6-7H2,1H3;2-5,11H,6-7H2,1H3;1-4,8-9H,5H2. The Morgan fingerprint density at radius 2 is 1.00 bits per heavy atom. The predicted molar refractivity (Wildman–Crippen MR) is 140 cm³/mol. The van der Waals surface area contributed by atoms with Gasteiger partial charge in [-0.3, -0.25) is 0 Å². The lowest BCUT2D eigenvalue weighted by molar-refractivity contribution is -0.143. The van der Waals surface area contributed by atoms with E-state index in [9.17, 15) is 9.59 Å². The van der Waals surface area contributed by atoms with Crippen LogP contribution in [-0.4, -0.2) is 54.7 Å². The maximum absolute atomic E-state index is 10.8. The molecule has 0 fully saturated rings. The Labute approximate surface area is 224 Å². The summed E-state index contributed by atoms with van der Waals surface area (Å²) in [7, 11) is 2.64. The molecule has 0 heterocycles. The number of rotatable bonds is 9. The van der Waals surface area contributed by atoms with Crippen LogP contribution in [-0.2, 0) is 37.6 Å². The first-order valence-electron chi connectivity index (χ1n) is 11.0. The summed E-state index contributed by atoms with van der Waals surface area (Å²) in [5.41, 5.74) is 2.78. The average molecular weight is 579 g/mol. The van der Waals surface area contributed by atoms with E-state index >= 15 is 0 Å². The molecule has 200 valence electrons. The van der Waals surface area contributed by atoms with E-state index in [0.717, 1.165) is 22.0 Å². The third-order valence-electron chi connectivity index (χ3n) is 4.47. The second-order valence-corrected chi connectivity index (χ2v) is 7.69. The lowest BCUT2D eigenvalue weighted by atomic mass is 10.2. The summed E-state index contributed by atoms with van der Waals surface area (Å²) in [6.45, 7) is -0.128. The summed E-state index contributed by atoms with van der Waals surface area (Å²) in [5, 5.41) is 26.9. The molecule has 0 amide bonds. The number of esters is 2. The van der Waals surface area contributed by atoms with Crippen molar-refractivity contribution in [2.45, 2.75) is 18.5 Å². The van der Waals surface area contributed by atoms with Gasteiger partial charge in [-0.1, -0.05) is 52.3 Å². The van der Waals surface area contributed by atoms with E-state index in [0.29, 0.717) is 11.5 Å². The monoisotopic (exact) mass is 578 g/mol. The van der Waals surface area contributed by atoms with Gasteiger partial charge in [0.2, 0.25) is 0 Å². The largest absolute Gasteiger partial charge is 0.508 e. The van der Waals surface area contributed by atoms with E-state index in [4.69, 9.17) is 24.8 Å². The highest BCUT2D eigenvalue weighted by Crippen LogP contribution is 2.14. The number of hydrogen-bond donors (Lipinski definition) is 3. The fraction of sp³-hybridized carbons (Fsp3) is 0.259. The molecule has 10 heteroatoms. The van der Waals surface area contributed by atoms with Gasteiger partial charge in [-0.2, -0.15) is 0 Å². The Bertz CT molecular complexity index is 973. The second kappa shape index (κ2) is 18.6. The molecular weight excluding hydrogens is 548 g/mol. The van der Waals surface area contributed by atoms with Crippen LogP contribution >= 0.6 is 15.9 Å². The molecule has 37 heavy (non-hydrogen) atoms. The highest BCUT2D eigenvalue weighted by atomic mass is 79.9. The summed E-state index contributed by atoms with van der Waals surface area (Å²) in [5.74, 6) is 0.672. The summed E-state index contributed by atoms with van der Waals surface area (Å²) >= 11 is 3.34. The first-order chi connectivity index (χ1) is 17.8. The van der Waals surface area contributed by atoms with Crippen molar-refractivity contribution in [1.82, 2.24) is 0 Å². The number of halogens is 1. The first-order valence-corrected chi connectivity index (χ1v) is 12.1. The number of phenolic OH excluding ortho intramolecular Hbond substituents is 1. The molecular formula is C27H31BrO9. The van der Waals surface area contributed by atoms with Crippen molar-refractivity contribution < 1.29 is 43.9 Å². The molecule has 3 N–H and O–H groups in total. The van der Waals surface area contributed by atoms with Crippen molar-refractivity contribution in [2.75, 3.05) is 27.4 Å². The van der Waals surface area contributed by atoms with Gasteiger partial charge in [0.05, 0.1) is 27.4 Å². The molecule has 3 aromatic rings. The number of aliphatic hydroxyl groups is 2. The van der Waals surface area contributed by atoms with Crippen LogP contribution < -0.4 is 9.47 Å². The van der Waals surface area contributed by atoms with Crippen LogP contribution in [0.4, 0.5) is 0 Å². The number of hydrogen-bond acceptors (Lipinski definition) is 9. The smallest absolute Gasteiger partial charge is 0.343 e.